The van der Waals surface area contributed by atoms with Crippen LogP contribution in [-0.2, 0) is 0 Å². The van der Waals surface area contributed by atoms with Crippen molar-refractivity contribution in [1.82, 2.24) is 10.3 Å². The van der Waals surface area contributed by atoms with Gasteiger partial charge in [-0.25, -0.2) is 0 Å². The molecule has 1 heterocycles. The fourth-order valence-corrected chi connectivity index (χ4v) is 1.75. The fraction of sp³-hybridized carbons (Fsp3) is 0.667. The highest BCUT2D eigenvalue weighted by atomic mass is 32.1. The van der Waals surface area contributed by atoms with Crippen molar-refractivity contribution in [3.8, 4) is 0 Å². The van der Waals surface area contributed by atoms with E-state index < -0.39 is 0 Å². The van der Waals surface area contributed by atoms with Crippen LogP contribution in [0.3, 0.4) is 0 Å². The van der Waals surface area contributed by atoms with Gasteiger partial charge in [0.2, 0.25) is 0 Å². The topological polar surface area (TPSA) is 45.1 Å². The lowest BCUT2D eigenvalue weighted by Crippen LogP contribution is -2.19. The van der Waals surface area contributed by atoms with E-state index in [1.165, 1.54) is 4.88 Å². The Morgan fingerprint density at radius 1 is 1.62 bits per heavy atom. The van der Waals surface area contributed by atoms with E-state index >= 15 is 0 Å². The van der Waals surface area contributed by atoms with E-state index in [9.17, 15) is 0 Å². The first-order valence-electron chi connectivity index (χ1n) is 4.57. The van der Waals surface area contributed by atoms with E-state index in [-0.39, 0.29) is 6.61 Å². The number of aliphatic hydroxyl groups is 1. The van der Waals surface area contributed by atoms with Crippen molar-refractivity contribution >= 4 is 11.3 Å². The molecule has 74 valence electrons. The second kappa shape index (κ2) is 6.07. The van der Waals surface area contributed by atoms with Gasteiger partial charge in [-0.2, -0.15) is 0 Å². The summed E-state index contributed by atoms with van der Waals surface area (Å²) in [7, 11) is 0. The Bertz CT molecular complexity index is 213. The van der Waals surface area contributed by atoms with Gasteiger partial charge in [0.25, 0.3) is 0 Å². The lowest BCUT2D eigenvalue weighted by atomic mass is 10.2. The average molecular weight is 200 g/mol. The summed E-state index contributed by atoms with van der Waals surface area (Å²) in [6, 6.07) is 0.381. The molecule has 0 amide bonds. The Hall–Kier alpha value is -0.450. The van der Waals surface area contributed by atoms with Crippen LogP contribution in [0.5, 0.6) is 0 Å². The zero-order chi connectivity index (χ0) is 9.52. The van der Waals surface area contributed by atoms with Gasteiger partial charge < -0.3 is 10.4 Å². The first kappa shape index (κ1) is 10.6. The molecule has 1 aromatic heterocycles. The third kappa shape index (κ3) is 3.85. The van der Waals surface area contributed by atoms with E-state index in [0.29, 0.717) is 6.04 Å². The molecule has 0 aliphatic carbocycles. The Kier molecular flexibility index (Phi) is 4.97. The maximum atomic E-state index is 8.58. The van der Waals surface area contributed by atoms with Gasteiger partial charge in [-0.1, -0.05) is 0 Å². The predicted octanol–water partition coefficient (Wildman–Crippen LogP) is 1.57. The number of unbranched alkanes of at least 4 members (excludes halogenated alkanes) is 1. The van der Waals surface area contributed by atoms with Gasteiger partial charge in [-0.15, -0.1) is 11.3 Å². The zero-order valence-corrected chi connectivity index (χ0v) is 8.68. The van der Waals surface area contributed by atoms with Crippen LogP contribution >= 0.6 is 11.3 Å². The van der Waals surface area contributed by atoms with Crippen LogP contribution in [0.25, 0.3) is 0 Å². The summed E-state index contributed by atoms with van der Waals surface area (Å²) in [5.41, 5.74) is 1.85. The standard InChI is InChI=1S/C9H16N2OS/c1-8(9-6-10-7-13-9)11-4-2-3-5-12/h6-8,11-12H,2-5H2,1H3. The molecule has 3 nitrogen and oxygen atoms in total. The molecule has 0 bridgehead atoms. The molecule has 0 spiro atoms. The monoisotopic (exact) mass is 200 g/mol. The van der Waals surface area contributed by atoms with Crippen LogP contribution in [0.15, 0.2) is 11.7 Å². The summed E-state index contributed by atoms with van der Waals surface area (Å²) in [5.74, 6) is 0. The molecule has 1 atom stereocenters. The van der Waals surface area contributed by atoms with Crippen LogP contribution < -0.4 is 5.32 Å². The van der Waals surface area contributed by atoms with Gasteiger partial charge in [0.1, 0.15) is 0 Å². The van der Waals surface area contributed by atoms with Crippen molar-refractivity contribution in [1.29, 1.82) is 0 Å². The van der Waals surface area contributed by atoms with Crippen molar-refractivity contribution in [2.24, 2.45) is 0 Å². The molecule has 1 aromatic rings. The van der Waals surface area contributed by atoms with Crippen LogP contribution in [0, 0.1) is 0 Å². The van der Waals surface area contributed by atoms with Crippen molar-refractivity contribution < 1.29 is 5.11 Å². The number of aromatic nitrogens is 1. The molecule has 4 heteroatoms. The van der Waals surface area contributed by atoms with Crippen molar-refractivity contribution in [2.75, 3.05) is 13.2 Å². The smallest absolute Gasteiger partial charge is 0.0794 e. The molecule has 0 fully saturated rings. The molecule has 0 radical (unpaired) electrons. The summed E-state index contributed by atoms with van der Waals surface area (Å²) in [6.45, 7) is 3.38. The third-order valence-electron chi connectivity index (χ3n) is 1.91. The number of aliphatic hydroxyl groups excluding tert-OH is 1. The number of thiazole rings is 1. The second-order valence-electron chi connectivity index (χ2n) is 3.01. The van der Waals surface area contributed by atoms with Gasteiger partial charge in [0.15, 0.2) is 0 Å². The molecular weight excluding hydrogens is 184 g/mol. The Morgan fingerprint density at radius 2 is 2.46 bits per heavy atom. The molecule has 1 unspecified atom stereocenters. The highest BCUT2D eigenvalue weighted by Gasteiger charge is 2.04. The molecule has 0 saturated carbocycles. The maximum Gasteiger partial charge on any atom is 0.0794 e. The molecular formula is C9H16N2OS. The molecule has 0 aromatic carbocycles. The summed E-state index contributed by atoms with van der Waals surface area (Å²) >= 11 is 1.67. The molecule has 0 aliphatic heterocycles. The van der Waals surface area contributed by atoms with Crippen molar-refractivity contribution in [3.63, 3.8) is 0 Å². The predicted molar refractivity (Wildman–Crippen MR) is 54.9 cm³/mol. The second-order valence-corrected chi connectivity index (χ2v) is 3.93. The molecule has 13 heavy (non-hydrogen) atoms. The van der Waals surface area contributed by atoms with Crippen LogP contribution in [0.4, 0.5) is 0 Å². The number of nitrogens with zero attached hydrogens (tertiary/aromatic N) is 1. The molecule has 0 aliphatic rings. The maximum absolute atomic E-state index is 8.58. The van der Waals surface area contributed by atoms with Crippen molar-refractivity contribution in [2.45, 2.75) is 25.8 Å². The summed E-state index contributed by atoms with van der Waals surface area (Å²) in [4.78, 5) is 5.29. The third-order valence-corrected chi connectivity index (χ3v) is 2.87. The number of hydrogen-bond acceptors (Lipinski definition) is 4. The van der Waals surface area contributed by atoms with Crippen LogP contribution in [-0.4, -0.2) is 23.2 Å². The highest BCUT2D eigenvalue weighted by molar-refractivity contribution is 7.09. The molecule has 1 rings (SSSR count). The van der Waals surface area contributed by atoms with Crippen LogP contribution in [0.1, 0.15) is 30.7 Å². The van der Waals surface area contributed by atoms with E-state index in [1.54, 1.807) is 11.3 Å². The van der Waals surface area contributed by atoms with Gasteiger partial charge in [0.05, 0.1) is 5.51 Å². The number of nitrogens with one attached hydrogen (secondary N) is 1. The first-order valence-corrected chi connectivity index (χ1v) is 5.45. The minimum Gasteiger partial charge on any atom is -0.396 e. The summed E-state index contributed by atoms with van der Waals surface area (Å²) in [5, 5.41) is 12.0. The van der Waals surface area contributed by atoms with Gasteiger partial charge in [0, 0.05) is 23.7 Å². The fourth-order valence-electron chi connectivity index (χ4n) is 1.10. The minimum absolute atomic E-state index is 0.288. The Balaban J connectivity index is 2.15. The Labute approximate surface area is 82.8 Å². The Morgan fingerprint density at radius 3 is 3.08 bits per heavy atom. The van der Waals surface area contributed by atoms with E-state index in [4.69, 9.17) is 5.11 Å². The lowest BCUT2D eigenvalue weighted by molar-refractivity contribution is 0.283. The van der Waals surface area contributed by atoms with Crippen LogP contribution in [0.2, 0.25) is 0 Å². The number of hydrogen-bond donors (Lipinski definition) is 2. The number of rotatable bonds is 6. The van der Waals surface area contributed by atoms with Gasteiger partial charge >= 0.3 is 0 Å². The largest absolute Gasteiger partial charge is 0.396 e. The zero-order valence-electron chi connectivity index (χ0n) is 7.86. The minimum atomic E-state index is 0.288. The van der Waals surface area contributed by atoms with Gasteiger partial charge in [-0.05, 0) is 26.3 Å². The highest BCUT2D eigenvalue weighted by Crippen LogP contribution is 2.15. The van der Waals surface area contributed by atoms with E-state index in [1.807, 2.05) is 11.7 Å². The van der Waals surface area contributed by atoms with Crippen molar-refractivity contribution in [3.05, 3.63) is 16.6 Å². The van der Waals surface area contributed by atoms with Gasteiger partial charge in [-0.3, -0.25) is 4.98 Å². The lowest BCUT2D eigenvalue weighted by Gasteiger charge is -2.10. The summed E-state index contributed by atoms with van der Waals surface area (Å²) < 4.78 is 0. The SMILES string of the molecule is CC(NCCCCO)c1cncs1. The molecule has 2 N–H and O–H groups in total. The molecule has 0 saturated heterocycles. The van der Waals surface area contributed by atoms with E-state index in [0.717, 1.165) is 19.4 Å². The quantitative estimate of drug-likeness (QED) is 0.685. The summed E-state index contributed by atoms with van der Waals surface area (Å²) in [6.07, 6.45) is 3.80. The van der Waals surface area contributed by atoms with E-state index in [2.05, 4.69) is 17.2 Å². The average Bonchev–Trinajstić information content (AvgIpc) is 2.65. The normalized spacial score (nSPS) is 13.1. The first-order chi connectivity index (χ1) is 6.34.